The molecule has 9 heteroatoms. The van der Waals surface area contributed by atoms with E-state index in [-0.39, 0.29) is 37.5 Å². The second-order valence-electron chi connectivity index (χ2n) is 12.0. The van der Waals surface area contributed by atoms with Crippen LogP contribution in [0.3, 0.4) is 0 Å². The summed E-state index contributed by atoms with van der Waals surface area (Å²) in [5.41, 5.74) is 1.37. The number of amides is 2. The Labute approximate surface area is 264 Å². The first-order valence-corrected chi connectivity index (χ1v) is 16.1. The van der Waals surface area contributed by atoms with Crippen molar-refractivity contribution in [3.8, 4) is 5.75 Å². The van der Waals surface area contributed by atoms with Gasteiger partial charge in [0.05, 0.1) is 42.9 Å². The van der Waals surface area contributed by atoms with Gasteiger partial charge in [-0.05, 0) is 68.9 Å². The second-order valence-corrected chi connectivity index (χ2v) is 13.9. The molecule has 0 aromatic heterocycles. The molecule has 1 N–H and O–H groups in total. The van der Waals surface area contributed by atoms with Gasteiger partial charge in [-0.25, -0.2) is 0 Å². The molecule has 2 amide bonds. The average molecular weight is 619 g/mol. The van der Waals surface area contributed by atoms with Crippen LogP contribution in [0.2, 0.25) is 0 Å². The number of carbonyl (C=O) groups excluding carboxylic acids is 3. The van der Waals surface area contributed by atoms with Gasteiger partial charge in [0.1, 0.15) is 11.8 Å². The van der Waals surface area contributed by atoms with Gasteiger partial charge in [0.2, 0.25) is 5.91 Å². The molecule has 6 atom stereocenters. The van der Waals surface area contributed by atoms with Crippen LogP contribution < -0.4 is 9.64 Å². The SMILES string of the molecule is C=CCCCCOC(=O)[C@H]1[C@H]2C(=O)N([C@H](CO)c3ccccc3)C(C(=O)N(CC=C)c3ccc(OC)cc3)C23CC[C@]1(C)S3. The zero-order chi connectivity index (χ0) is 31.5. The summed E-state index contributed by atoms with van der Waals surface area (Å²) in [7, 11) is 1.58. The molecule has 0 aliphatic carbocycles. The Hall–Kier alpha value is -3.56. The third kappa shape index (κ3) is 5.45. The lowest BCUT2D eigenvalue weighted by Gasteiger charge is -2.39. The maximum absolute atomic E-state index is 14.9. The highest BCUT2D eigenvalue weighted by atomic mass is 32.2. The number of unbranched alkanes of at least 4 members (excludes halogenated alkanes) is 2. The molecule has 3 heterocycles. The van der Waals surface area contributed by atoms with E-state index in [0.29, 0.717) is 30.7 Å². The first-order chi connectivity index (χ1) is 21.3. The minimum absolute atomic E-state index is 0.220. The Morgan fingerprint density at radius 2 is 1.84 bits per heavy atom. The van der Waals surface area contributed by atoms with E-state index in [2.05, 4.69) is 13.2 Å². The van der Waals surface area contributed by atoms with Crippen LogP contribution in [0.4, 0.5) is 5.69 Å². The highest BCUT2D eigenvalue weighted by Gasteiger charge is 2.78. The number of esters is 1. The number of anilines is 1. The van der Waals surface area contributed by atoms with E-state index in [1.165, 1.54) is 0 Å². The van der Waals surface area contributed by atoms with E-state index in [1.54, 1.807) is 46.9 Å². The molecule has 3 fully saturated rings. The van der Waals surface area contributed by atoms with E-state index < -0.39 is 33.4 Å². The second kappa shape index (κ2) is 13.2. The van der Waals surface area contributed by atoms with Crippen molar-refractivity contribution in [3.63, 3.8) is 0 Å². The van der Waals surface area contributed by atoms with Gasteiger partial charge in [0.15, 0.2) is 0 Å². The molecule has 3 aliphatic rings. The lowest BCUT2D eigenvalue weighted by Crippen LogP contribution is -2.56. The van der Waals surface area contributed by atoms with E-state index in [4.69, 9.17) is 9.47 Å². The number of aliphatic hydroxyl groups excluding tert-OH is 1. The van der Waals surface area contributed by atoms with Gasteiger partial charge < -0.3 is 24.4 Å². The first-order valence-electron chi connectivity index (χ1n) is 15.3. The van der Waals surface area contributed by atoms with Crippen molar-refractivity contribution in [3.05, 3.63) is 85.5 Å². The van der Waals surface area contributed by atoms with Gasteiger partial charge in [0, 0.05) is 17.0 Å². The lowest BCUT2D eigenvalue weighted by atomic mass is 9.66. The van der Waals surface area contributed by atoms with Crippen LogP contribution in [-0.2, 0) is 19.1 Å². The van der Waals surface area contributed by atoms with Crippen LogP contribution in [0.15, 0.2) is 79.9 Å². The number of likely N-dealkylation sites (tertiary alicyclic amines) is 1. The van der Waals surface area contributed by atoms with Crippen molar-refractivity contribution >= 4 is 35.2 Å². The van der Waals surface area contributed by atoms with Crippen LogP contribution in [-0.4, -0.2) is 70.2 Å². The summed E-state index contributed by atoms with van der Waals surface area (Å²) in [6.07, 6.45) is 7.19. The molecule has 0 saturated carbocycles. The molecule has 0 radical (unpaired) electrons. The molecule has 2 aromatic carbocycles. The quantitative estimate of drug-likeness (QED) is 0.174. The number of hydrogen-bond acceptors (Lipinski definition) is 7. The molecule has 5 rings (SSSR count). The van der Waals surface area contributed by atoms with Gasteiger partial charge in [-0.1, -0.05) is 42.5 Å². The summed E-state index contributed by atoms with van der Waals surface area (Å²) in [5, 5.41) is 10.8. The highest BCUT2D eigenvalue weighted by molar-refractivity contribution is 8.02. The number of carbonyl (C=O) groups is 3. The third-order valence-electron chi connectivity index (χ3n) is 9.40. The number of fused-ring (bicyclic) bond motifs is 1. The van der Waals surface area contributed by atoms with Gasteiger partial charge >= 0.3 is 5.97 Å². The number of nitrogens with zero attached hydrogens (tertiary/aromatic N) is 2. The van der Waals surface area contributed by atoms with Gasteiger partial charge in [-0.3, -0.25) is 14.4 Å². The number of thioether (sulfide) groups is 1. The van der Waals surface area contributed by atoms with Crippen molar-refractivity contribution in [2.45, 2.75) is 60.6 Å². The number of ether oxygens (including phenoxy) is 2. The van der Waals surface area contributed by atoms with Gasteiger partial charge in [-0.15, -0.1) is 24.9 Å². The van der Waals surface area contributed by atoms with Crippen molar-refractivity contribution in [1.82, 2.24) is 4.90 Å². The number of aliphatic hydroxyl groups is 1. The maximum atomic E-state index is 14.9. The smallest absolute Gasteiger partial charge is 0.311 e. The fourth-order valence-corrected chi connectivity index (χ4v) is 9.71. The average Bonchev–Trinajstić information content (AvgIpc) is 3.61. The summed E-state index contributed by atoms with van der Waals surface area (Å²) >= 11 is 1.59. The van der Waals surface area contributed by atoms with Crippen LogP contribution in [0.1, 0.15) is 50.6 Å². The molecule has 3 saturated heterocycles. The largest absolute Gasteiger partial charge is 0.497 e. The molecule has 234 valence electrons. The highest BCUT2D eigenvalue weighted by Crippen LogP contribution is 2.72. The summed E-state index contributed by atoms with van der Waals surface area (Å²) in [6.45, 7) is 9.80. The lowest BCUT2D eigenvalue weighted by molar-refractivity contribution is -0.156. The molecule has 1 spiro atoms. The van der Waals surface area contributed by atoms with E-state index in [9.17, 15) is 19.5 Å². The van der Waals surface area contributed by atoms with E-state index in [0.717, 1.165) is 18.4 Å². The van der Waals surface area contributed by atoms with Crippen molar-refractivity contribution in [2.24, 2.45) is 11.8 Å². The molecule has 2 unspecified atom stereocenters. The topological polar surface area (TPSA) is 96.4 Å². The third-order valence-corrected chi connectivity index (χ3v) is 11.4. The summed E-state index contributed by atoms with van der Waals surface area (Å²) < 4.78 is 9.72. The Bertz CT molecular complexity index is 1380. The first kappa shape index (κ1) is 31.9. The van der Waals surface area contributed by atoms with E-state index in [1.807, 2.05) is 55.5 Å². The molecule has 44 heavy (non-hydrogen) atoms. The number of methoxy groups -OCH3 is 1. The molecular formula is C35H42N2O6S. The molecule has 3 aliphatic heterocycles. The Balaban J connectivity index is 1.57. The molecule has 2 aromatic rings. The predicted octanol–water partition coefficient (Wildman–Crippen LogP) is 5.33. The van der Waals surface area contributed by atoms with E-state index >= 15 is 0 Å². The Kier molecular flexibility index (Phi) is 9.56. The van der Waals surface area contributed by atoms with Gasteiger partial charge in [0.25, 0.3) is 5.91 Å². The monoisotopic (exact) mass is 618 g/mol. The standard InChI is InChI=1S/C35H42N2O6S/c1-5-7-8-12-22-43-33(41)29-28-31(39)37(27(23-38)24-13-10-9-11-14-24)30(35(28)20-19-34(29,3)44-35)32(40)36(21-6-2)25-15-17-26(42-4)18-16-25/h5-6,9-11,13-18,27-30,38H,1-2,7-8,12,19-23H2,3-4H3/t27-,28+,29-,30?,34+,35?/m1/s1. The van der Waals surface area contributed by atoms with Crippen molar-refractivity contribution in [2.75, 3.05) is 31.8 Å². The minimum atomic E-state index is -0.920. The fourth-order valence-electron chi connectivity index (χ4n) is 7.38. The summed E-state index contributed by atoms with van der Waals surface area (Å²) in [5.74, 6) is -1.73. The van der Waals surface area contributed by atoms with Crippen LogP contribution >= 0.6 is 11.8 Å². The number of benzene rings is 2. The fraction of sp³-hybridized carbons (Fsp3) is 0.457. The molecule has 8 nitrogen and oxygen atoms in total. The number of rotatable bonds is 14. The number of hydrogen-bond donors (Lipinski definition) is 1. The molecule has 2 bridgehead atoms. The zero-order valence-corrected chi connectivity index (χ0v) is 26.3. The predicted molar refractivity (Wildman–Crippen MR) is 172 cm³/mol. The van der Waals surface area contributed by atoms with Gasteiger partial charge in [-0.2, -0.15) is 0 Å². The number of allylic oxidation sites excluding steroid dienone is 1. The van der Waals surface area contributed by atoms with Crippen molar-refractivity contribution in [1.29, 1.82) is 0 Å². The Morgan fingerprint density at radius 3 is 2.48 bits per heavy atom. The normalized spacial score (nSPS) is 27.5. The van der Waals surface area contributed by atoms with Crippen LogP contribution in [0, 0.1) is 11.8 Å². The summed E-state index contributed by atoms with van der Waals surface area (Å²) in [6, 6.07) is 14.8. The van der Waals surface area contributed by atoms with Crippen molar-refractivity contribution < 1.29 is 29.0 Å². The zero-order valence-electron chi connectivity index (χ0n) is 25.5. The molecular weight excluding hydrogens is 576 g/mol. The maximum Gasteiger partial charge on any atom is 0.311 e. The summed E-state index contributed by atoms with van der Waals surface area (Å²) in [4.78, 5) is 46.6. The minimum Gasteiger partial charge on any atom is -0.497 e. The Morgan fingerprint density at radius 1 is 1.11 bits per heavy atom. The van der Waals surface area contributed by atoms with Crippen LogP contribution in [0.5, 0.6) is 5.75 Å². The van der Waals surface area contributed by atoms with Crippen LogP contribution in [0.25, 0.3) is 0 Å².